The number of hydrogen-bond donors (Lipinski definition) is 1. The van der Waals surface area contributed by atoms with Gasteiger partial charge in [0.05, 0.1) is 11.6 Å². The highest BCUT2D eigenvalue weighted by atomic mass is 79.9. The predicted octanol–water partition coefficient (Wildman–Crippen LogP) is 4.91. The first-order chi connectivity index (χ1) is 11.7. The number of halogens is 1. The molecule has 1 fully saturated rings. The van der Waals surface area contributed by atoms with Crippen LogP contribution in [0.2, 0.25) is 0 Å². The van der Waals surface area contributed by atoms with E-state index in [0.717, 1.165) is 41.8 Å². The lowest BCUT2D eigenvalue weighted by Crippen LogP contribution is -2.46. The van der Waals surface area contributed by atoms with Gasteiger partial charge in [0, 0.05) is 24.8 Å². The fourth-order valence-electron chi connectivity index (χ4n) is 3.05. The Morgan fingerprint density at radius 1 is 1.40 bits per heavy atom. The molecular formula is C19H29BrN2O3. The van der Waals surface area contributed by atoms with E-state index in [9.17, 15) is 4.79 Å². The van der Waals surface area contributed by atoms with Gasteiger partial charge in [-0.05, 0) is 80.6 Å². The number of likely N-dealkylation sites (tertiary alicyclic amines) is 1. The fraction of sp³-hybridized carbons (Fsp3) is 0.632. The molecule has 0 bridgehead atoms. The maximum Gasteiger partial charge on any atom is 0.410 e. The van der Waals surface area contributed by atoms with Gasteiger partial charge < -0.3 is 19.7 Å². The molecule has 25 heavy (non-hydrogen) atoms. The molecule has 0 saturated carbocycles. The topological polar surface area (TPSA) is 50.8 Å². The molecule has 2 unspecified atom stereocenters. The Labute approximate surface area is 159 Å². The zero-order valence-electron chi connectivity index (χ0n) is 15.8. The molecule has 6 heteroatoms. The van der Waals surface area contributed by atoms with Crippen molar-refractivity contribution in [2.75, 3.05) is 25.5 Å². The van der Waals surface area contributed by atoms with E-state index in [-0.39, 0.29) is 12.1 Å². The van der Waals surface area contributed by atoms with Crippen LogP contribution in [0.1, 0.15) is 40.5 Å². The third-order valence-corrected chi connectivity index (χ3v) is 4.98. The molecule has 5 nitrogen and oxygen atoms in total. The zero-order chi connectivity index (χ0) is 18.6. The third-order valence-electron chi connectivity index (χ3n) is 4.36. The normalized spacial score (nSPS) is 19.3. The average Bonchev–Trinajstić information content (AvgIpc) is 2.53. The number of amides is 1. The number of benzene rings is 1. The van der Waals surface area contributed by atoms with Crippen LogP contribution in [-0.4, -0.2) is 42.8 Å². The van der Waals surface area contributed by atoms with E-state index in [1.54, 1.807) is 7.11 Å². The maximum absolute atomic E-state index is 12.3. The van der Waals surface area contributed by atoms with Crippen molar-refractivity contribution in [1.29, 1.82) is 0 Å². The summed E-state index contributed by atoms with van der Waals surface area (Å²) in [6.45, 7) is 9.36. The third kappa shape index (κ3) is 5.80. The molecule has 1 aliphatic heterocycles. The Morgan fingerprint density at radius 2 is 2.12 bits per heavy atom. The first-order valence-corrected chi connectivity index (χ1v) is 9.57. The summed E-state index contributed by atoms with van der Waals surface area (Å²) >= 11 is 3.52. The second-order valence-corrected chi connectivity index (χ2v) is 8.47. The van der Waals surface area contributed by atoms with E-state index in [1.165, 1.54) is 0 Å². The van der Waals surface area contributed by atoms with Crippen LogP contribution in [-0.2, 0) is 4.74 Å². The number of hydrogen-bond acceptors (Lipinski definition) is 4. The van der Waals surface area contributed by atoms with Crippen molar-refractivity contribution in [3.63, 3.8) is 0 Å². The van der Waals surface area contributed by atoms with Crippen LogP contribution in [0, 0.1) is 5.92 Å². The average molecular weight is 413 g/mol. The maximum atomic E-state index is 12.3. The van der Waals surface area contributed by atoms with Crippen LogP contribution in [0.5, 0.6) is 5.75 Å². The molecule has 2 rings (SSSR count). The van der Waals surface area contributed by atoms with E-state index in [2.05, 4.69) is 28.2 Å². The van der Waals surface area contributed by atoms with Crippen molar-refractivity contribution in [2.24, 2.45) is 5.92 Å². The summed E-state index contributed by atoms with van der Waals surface area (Å²) in [6, 6.07) is 6.22. The van der Waals surface area contributed by atoms with E-state index < -0.39 is 5.60 Å². The van der Waals surface area contributed by atoms with Crippen LogP contribution < -0.4 is 10.1 Å². The second-order valence-electron chi connectivity index (χ2n) is 7.61. The molecule has 0 aliphatic carbocycles. The monoisotopic (exact) mass is 412 g/mol. The Morgan fingerprint density at radius 3 is 2.72 bits per heavy atom. The summed E-state index contributed by atoms with van der Waals surface area (Å²) in [7, 11) is 1.66. The quantitative estimate of drug-likeness (QED) is 0.763. The first-order valence-electron chi connectivity index (χ1n) is 8.77. The Hall–Kier alpha value is -1.43. The molecule has 0 aromatic heterocycles. The molecule has 0 spiro atoms. The standard InChI is InChI=1S/C19H29BrN2O3/c1-13(21-15-8-9-17(24-5)16(20)11-15)14-7-6-10-22(12-14)18(23)25-19(2,3)4/h8-9,11,13-14,21H,6-7,10,12H2,1-5H3. The summed E-state index contributed by atoms with van der Waals surface area (Å²) in [6.07, 6.45) is 1.89. The number of piperidine rings is 1. The SMILES string of the molecule is COc1ccc(NC(C)C2CCCN(C(=O)OC(C)(C)C)C2)cc1Br. The van der Waals surface area contributed by atoms with Gasteiger partial charge in [0.15, 0.2) is 0 Å². The van der Waals surface area contributed by atoms with E-state index in [0.29, 0.717) is 5.92 Å². The van der Waals surface area contributed by atoms with Gasteiger partial charge in [-0.2, -0.15) is 0 Å². The molecule has 2 atom stereocenters. The largest absolute Gasteiger partial charge is 0.496 e. The summed E-state index contributed by atoms with van der Waals surface area (Å²) in [5, 5.41) is 3.55. The molecule has 1 aromatic carbocycles. The molecule has 1 N–H and O–H groups in total. The van der Waals surface area contributed by atoms with E-state index in [1.807, 2.05) is 43.9 Å². The minimum absolute atomic E-state index is 0.211. The van der Waals surface area contributed by atoms with Crippen LogP contribution in [0.4, 0.5) is 10.5 Å². The van der Waals surface area contributed by atoms with Gasteiger partial charge in [0.2, 0.25) is 0 Å². The number of rotatable bonds is 4. The number of nitrogens with zero attached hydrogens (tertiary/aromatic N) is 1. The smallest absolute Gasteiger partial charge is 0.410 e. The minimum Gasteiger partial charge on any atom is -0.496 e. The fourth-order valence-corrected chi connectivity index (χ4v) is 3.59. The Balaban J connectivity index is 1.96. The molecule has 1 amide bonds. The number of carbonyl (C=O) groups is 1. The number of methoxy groups -OCH3 is 1. The lowest BCUT2D eigenvalue weighted by Gasteiger charge is -2.37. The lowest BCUT2D eigenvalue weighted by molar-refractivity contribution is 0.0159. The number of carbonyl (C=O) groups excluding carboxylic acids is 1. The first kappa shape index (κ1) is 19.9. The highest BCUT2D eigenvalue weighted by Crippen LogP contribution is 2.29. The van der Waals surface area contributed by atoms with E-state index in [4.69, 9.17) is 9.47 Å². The molecule has 1 heterocycles. The zero-order valence-corrected chi connectivity index (χ0v) is 17.4. The number of nitrogens with one attached hydrogen (secondary N) is 1. The Bertz CT molecular complexity index is 601. The lowest BCUT2D eigenvalue weighted by atomic mass is 9.91. The molecule has 1 saturated heterocycles. The highest BCUT2D eigenvalue weighted by Gasteiger charge is 2.30. The summed E-state index contributed by atoms with van der Waals surface area (Å²) in [4.78, 5) is 14.2. The van der Waals surface area contributed by atoms with Gasteiger partial charge in [0.25, 0.3) is 0 Å². The summed E-state index contributed by atoms with van der Waals surface area (Å²) in [5.41, 5.74) is 0.582. The van der Waals surface area contributed by atoms with Gasteiger partial charge in [-0.15, -0.1) is 0 Å². The van der Waals surface area contributed by atoms with Crippen molar-refractivity contribution in [2.45, 2.75) is 52.2 Å². The van der Waals surface area contributed by atoms with E-state index >= 15 is 0 Å². The summed E-state index contributed by atoms with van der Waals surface area (Å²) in [5.74, 6) is 1.20. The molecule has 1 aliphatic rings. The van der Waals surface area contributed by atoms with Crippen molar-refractivity contribution >= 4 is 27.7 Å². The van der Waals surface area contributed by atoms with Crippen LogP contribution in [0.25, 0.3) is 0 Å². The molecule has 140 valence electrons. The van der Waals surface area contributed by atoms with Crippen molar-refractivity contribution in [3.8, 4) is 5.75 Å². The predicted molar refractivity (Wildman–Crippen MR) is 104 cm³/mol. The van der Waals surface area contributed by atoms with Gasteiger partial charge in [-0.1, -0.05) is 0 Å². The van der Waals surface area contributed by atoms with Crippen molar-refractivity contribution in [3.05, 3.63) is 22.7 Å². The minimum atomic E-state index is -0.455. The molecule has 1 aromatic rings. The summed E-state index contributed by atoms with van der Waals surface area (Å²) < 4.78 is 11.7. The van der Waals surface area contributed by atoms with Crippen LogP contribution in [0.3, 0.4) is 0 Å². The van der Waals surface area contributed by atoms with Gasteiger partial charge in [0.1, 0.15) is 11.4 Å². The van der Waals surface area contributed by atoms with Gasteiger partial charge >= 0.3 is 6.09 Å². The number of anilines is 1. The second kappa shape index (κ2) is 8.30. The molecule has 0 radical (unpaired) electrons. The Kier molecular flexibility index (Phi) is 6.60. The van der Waals surface area contributed by atoms with Gasteiger partial charge in [-0.3, -0.25) is 0 Å². The van der Waals surface area contributed by atoms with Crippen LogP contribution >= 0.6 is 15.9 Å². The van der Waals surface area contributed by atoms with Crippen molar-refractivity contribution in [1.82, 2.24) is 4.90 Å². The van der Waals surface area contributed by atoms with Crippen LogP contribution in [0.15, 0.2) is 22.7 Å². The number of ether oxygens (including phenoxy) is 2. The highest BCUT2D eigenvalue weighted by molar-refractivity contribution is 9.10. The van der Waals surface area contributed by atoms with Gasteiger partial charge in [-0.25, -0.2) is 4.79 Å². The van der Waals surface area contributed by atoms with Crippen molar-refractivity contribution < 1.29 is 14.3 Å². The molecular weight excluding hydrogens is 384 g/mol.